The summed E-state index contributed by atoms with van der Waals surface area (Å²) in [7, 11) is 0. The maximum absolute atomic E-state index is 12.0. The van der Waals surface area contributed by atoms with Crippen molar-refractivity contribution in [1.82, 2.24) is 4.90 Å². The smallest absolute Gasteiger partial charge is 0.406 e. The summed E-state index contributed by atoms with van der Waals surface area (Å²) in [6.45, 7) is -0.893. The van der Waals surface area contributed by atoms with E-state index in [1.165, 1.54) is 0 Å². The Bertz CT molecular complexity index is 257. The highest BCUT2D eigenvalue weighted by molar-refractivity contribution is 6.27. The summed E-state index contributed by atoms with van der Waals surface area (Å²) >= 11 is 5.15. The molecule has 4 nitrogen and oxygen atoms in total. The molecule has 0 aromatic rings. The van der Waals surface area contributed by atoms with E-state index in [1.807, 2.05) is 0 Å². The Morgan fingerprint density at radius 3 is 2.31 bits per heavy atom. The number of rotatable bonds is 5. The highest BCUT2D eigenvalue weighted by atomic mass is 35.5. The van der Waals surface area contributed by atoms with Crippen molar-refractivity contribution in [3.8, 4) is 0 Å². The Morgan fingerprint density at radius 1 is 1.38 bits per heavy atom. The summed E-state index contributed by atoms with van der Waals surface area (Å²) in [4.78, 5) is 21.9. The first kappa shape index (κ1) is 15.0. The molecule has 0 spiro atoms. The van der Waals surface area contributed by atoms with Crippen molar-refractivity contribution in [2.75, 3.05) is 25.6 Å². The van der Waals surface area contributed by atoms with Crippen LogP contribution in [-0.4, -0.2) is 48.5 Å². The van der Waals surface area contributed by atoms with Crippen LogP contribution in [0.1, 0.15) is 6.92 Å². The second-order valence-corrected chi connectivity index (χ2v) is 3.17. The Balaban J connectivity index is 4.22. The molecule has 0 aromatic carbocycles. The summed E-state index contributed by atoms with van der Waals surface area (Å²) < 4.78 is 40.6. The van der Waals surface area contributed by atoms with E-state index < -0.39 is 30.5 Å². The van der Waals surface area contributed by atoms with Crippen LogP contribution >= 0.6 is 11.6 Å². The van der Waals surface area contributed by atoms with Gasteiger partial charge in [0, 0.05) is 6.92 Å². The quantitative estimate of drug-likeness (QED) is 0.551. The van der Waals surface area contributed by atoms with Crippen molar-refractivity contribution >= 4 is 23.5 Å². The van der Waals surface area contributed by atoms with Crippen LogP contribution in [0.4, 0.5) is 13.2 Å². The van der Waals surface area contributed by atoms with E-state index in [1.54, 1.807) is 0 Å². The molecule has 1 amide bonds. The number of halogens is 4. The van der Waals surface area contributed by atoms with Gasteiger partial charge in [-0.05, 0) is 0 Å². The van der Waals surface area contributed by atoms with E-state index in [4.69, 9.17) is 11.6 Å². The lowest BCUT2D eigenvalue weighted by molar-refractivity contribution is -0.162. The molecule has 8 heteroatoms. The molecule has 0 unspecified atom stereocenters. The molecule has 0 saturated heterocycles. The third-order valence-electron chi connectivity index (χ3n) is 1.50. The first-order valence-corrected chi connectivity index (χ1v) is 4.83. The number of amides is 1. The largest absolute Gasteiger partial charge is 0.464 e. The Hall–Kier alpha value is -0.980. The lowest BCUT2D eigenvalue weighted by Crippen LogP contribution is -2.41. The van der Waals surface area contributed by atoms with E-state index in [9.17, 15) is 22.8 Å². The number of hydrogen-bond acceptors (Lipinski definition) is 3. The molecule has 0 fully saturated rings. The molecule has 16 heavy (non-hydrogen) atoms. The number of hydrogen-bond donors (Lipinski definition) is 0. The van der Waals surface area contributed by atoms with Gasteiger partial charge in [-0.2, -0.15) is 13.2 Å². The molecular formula is C8H11ClF3NO3. The number of alkyl halides is 4. The van der Waals surface area contributed by atoms with Gasteiger partial charge in [0.05, 0.1) is 6.54 Å². The average molecular weight is 262 g/mol. The van der Waals surface area contributed by atoms with Gasteiger partial charge in [-0.15, -0.1) is 11.6 Å². The predicted molar refractivity (Wildman–Crippen MR) is 50.0 cm³/mol. The van der Waals surface area contributed by atoms with E-state index in [0.29, 0.717) is 4.90 Å². The van der Waals surface area contributed by atoms with E-state index in [2.05, 4.69) is 4.74 Å². The monoisotopic (exact) mass is 261 g/mol. The van der Waals surface area contributed by atoms with Crippen molar-refractivity contribution in [3.05, 3.63) is 0 Å². The van der Waals surface area contributed by atoms with Crippen LogP contribution < -0.4 is 0 Å². The third-order valence-corrected chi connectivity index (χ3v) is 1.73. The molecule has 0 saturated carbocycles. The minimum atomic E-state index is -4.50. The van der Waals surface area contributed by atoms with Gasteiger partial charge >= 0.3 is 12.1 Å². The van der Waals surface area contributed by atoms with Crippen molar-refractivity contribution in [1.29, 1.82) is 0 Å². The summed E-state index contributed by atoms with van der Waals surface area (Å²) in [6, 6.07) is 0. The molecular weight excluding hydrogens is 251 g/mol. The maximum Gasteiger partial charge on any atom is 0.406 e. The van der Waals surface area contributed by atoms with Crippen LogP contribution in [-0.2, 0) is 14.3 Å². The predicted octanol–water partition coefficient (Wildman–Crippen LogP) is 1.18. The zero-order valence-electron chi connectivity index (χ0n) is 8.51. The minimum Gasteiger partial charge on any atom is -0.464 e. The van der Waals surface area contributed by atoms with Crippen LogP contribution in [0, 0.1) is 0 Å². The summed E-state index contributed by atoms with van der Waals surface area (Å²) in [5.74, 6) is -2.02. The lowest BCUT2D eigenvalue weighted by atomic mass is 10.4. The van der Waals surface area contributed by atoms with E-state index in [0.717, 1.165) is 6.92 Å². The van der Waals surface area contributed by atoms with Crippen LogP contribution in [0.15, 0.2) is 0 Å². The summed E-state index contributed by atoms with van der Waals surface area (Å²) in [5.41, 5.74) is 0. The number of nitrogens with zero attached hydrogens (tertiary/aromatic N) is 1. The van der Waals surface area contributed by atoms with E-state index >= 15 is 0 Å². The second kappa shape index (κ2) is 6.57. The normalized spacial score (nSPS) is 11.1. The van der Waals surface area contributed by atoms with Crippen LogP contribution in [0.3, 0.4) is 0 Å². The maximum atomic E-state index is 12.0. The van der Waals surface area contributed by atoms with Crippen molar-refractivity contribution in [3.63, 3.8) is 0 Å². The van der Waals surface area contributed by atoms with Crippen molar-refractivity contribution in [2.24, 2.45) is 0 Å². The van der Waals surface area contributed by atoms with Gasteiger partial charge in [-0.25, -0.2) is 0 Å². The van der Waals surface area contributed by atoms with Gasteiger partial charge in [-0.3, -0.25) is 9.59 Å². The van der Waals surface area contributed by atoms with Crippen LogP contribution in [0.2, 0.25) is 0 Å². The Kier molecular flexibility index (Phi) is 6.17. The first-order valence-electron chi connectivity index (χ1n) is 4.30. The SMILES string of the molecule is CC(=O)OCCN(CC(F)(F)F)C(=O)CCl. The molecule has 0 bridgehead atoms. The molecule has 94 valence electrons. The fraction of sp³-hybridized carbons (Fsp3) is 0.750. The first-order chi connectivity index (χ1) is 7.26. The topological polar surface area (TPSA) is 46.6 Å². The van der Waals surface area contributed by atoms with Crippen LogP contribution in [0.25, 0.3) is 0 Å². The number of esters is 1. The highest BCUT2D eigenvalue weighted by Crippen LogP contribution is 2.16. The molecule has 0 aliphatic heterocycles. The summed E-state index contributed by atoms with van der Waals surface area (Å²) in [6.07, 6.45) is -4.50. The highest BCUT2D eigenvalue weighted by Gasteiger charge is 2.32. The zero-order chi connectivity index (χ0) is 12.8. The standard InChI is InChI=1S/C8H11ClF3NO3/c1-6(14)16-3-2-13(7(15)4-9)5-8(10,11)12/h2-5H2,1H3. The number of carbonyl (C=O) groups is 2. The molecule has 0 aliphatic carbocycles. The molecule has 0 N–H and O–H groups in total. The fourth-order valence-electron chi connectivity index (χ4n) is 0.892. The van der Waals surface area contributed by atoms with Gasteiger partial charge in [0.25, 0.3) is 0 Å². The minimum absolute atomic E-state index is 0.284. The molecule has 0 aromatic heterocycles. The average Bonchev–Trinajstić information content (AvgIpc) is 2.12. The number of ether oxygens (including phenoxy) is 1. The van der Waals surface area contributed by atoms with Gasteiger partial charge in [0.1, 0.15) is 19.0 Å². The fourth-order valence-corrected chi connectivity index (χ4v) is 1.06. The molecule has 0 atom stereocenters. The summed E-state index contributed by atoms with van der Waals surface area (Å²) in [5, 5.41) is 0. The molecule has 0 rings (SSSR count). The van der Waals surface area contributed by atoms with Gasteiger partial charge < -0.3 is 9.64 Å². The van der Waals surface area contributed by atoms with Gasteiger partial charge in [0.2, 0.25) is 5.91 Å². The zero-order valence-corrected chi connectivity index (χ0v) is 9.27. The van der Waals surface area contributed by atoms with Crippen LogP contribution in [0.5, 0.6) is 0 Å². The van der Waals surface area contributed by atoms with Crippen molar-refractivity contribution in [2.45, 2.75) is 13.1 Å². The Morgan fingerprint density at radius 2 is 1.94 bits per heavy atom. The van der Waals surface area contributed by atoms with Crippen molar-refractivity contribution < 1.29 is 27.5 Å². The van der Waals surface area contributed by atoms with Gasteiger partial charge in [0.15, 0.2) is 0 Å². The lowest BCUT2D eigenvalue weighted by Gasteiger charge is -2.22. The van der Waals surface area contributed by atoms with E-state index in [-0.39, 0.29) is 13.2 Å². The Labute approximate surface area is 95.3 Å². The molecule has 0 heterocycles. The molecule has 0 radical (unpaired) electrons. The third kappa shape index (κ3) is 7.33. The van der Waals surface area contributed by atoms with Gasteiger partial charge in [-0.1, -0.05) is 0 Å². The second-order valence-electron chi connectivity index (χ2n) is 2.90. The molecule has 0 aliphatic rings. The number of carbonyl (C=O) groups excluding carboxylic acids is 2.